The molecule has 1 aromatic carbocycles. The van der Waals surface area contributed by atoms with Crippen molar-refractivity contribution in [2.24, 2.45) is 0 Å². The summed E-state index contributed by atoms with van der Waals surface area (Å²) in [5, 5.41) is 0. The average Bonchev–Trinajstić information content (AvgIpc) is 2.10. The summed E-state index contributed by atoms with van der Waals surface area (Å²) in [6.07, 6.45) is 0. The van der Waals surface area contributed by atoms with E-state index in [0.717, 1.165) is 11.1 Å². The van der Waals surface area contributed by atoms with Crippen LogP contribution in [-0.4, -0.2) is 11.6 Å². The molecule has 0 fully saturated rings. The van der Waals surface area contributed by atoms with Gasteiger partial charge in [0.25, 0.3) is 0 Å². The Bertz CT molecular complexity index is 391. The first-order valence-corrected chi connectivity index (χ1v) is 5.01. The summed E-state index contributed by atoms with van der Waals surface area (Å²) in [6, 6.07) is 5.72. The van der Waals surface area contributed by atoms with Gasteiger partial charge in [-0.2, -0.15) is 0 Å². The van der Waals surface area contributed by atoms with E-state index in [1.807, 2.05) is 32.0 Å². The molecule has 15 heavy (non-hydrogen) atoms. The summed E-state index contributed by atoms with van der Waals surface area (Å²) in [5.74, 6) is -0.777. The molecule has 0 radical (unpaired) electrons. The molecule has 0 heterocycles. The molecule has 0 saturated heterocycles. The lowest BCUT2D eigenvalue weighted by Gasteiger charge is -2.12. The second kappa shape index (κ2) is 4.39. The van der Waals surface area contributed by atoms with Crippen LogP contribution in [0.2, 0.25) is 0 Å². The predicted molar refractivity (Wildman–Crippen MR) is 60.0 cm³/mol. The van der Waals surface area contributed by atoms with Crippen LogP contribution >= 0.6 is 0 Å². The second-order valence-corrected chi connectivity index (χ2v) is 4.00. The number of carbonyl (C=O) groups is 2. The Morgan fingerprint density at radius 2 is 1.53 bits per heavy atom. The normalized spacial score (nSPS) is 10.5. The van der Waals surface area contributed by atoms with Crippen LogP contribution in [0.3, 0.4) is 0 Å². The molecule has 0 saturated carbocycles. The van der Waals surface area contributed by atoms with Crippen LogP contribution in [0.1, 0.15) is 36.5 Å². The molecule has 2 nitrogen and oxygen atoms in total. The van der Waals surface area contributed by atoms with E-state index in [-0.39, 0.29) is 11.6 Å². The molecule has 0 spiro atoms. The van der Waals surface area contributed by atoms with Gasteiger partial charge in [-0.3, -0.25) is 9.59 Å². The fraction of sp³-hybridized carbons (Fsp3) is 0.385. The lowest BCUT2D eigenvalue weighted by atomic mass is 9.90. The maximum atomic E-state index is 11.4. The summed E-state index contributed by atoms with van der Waals surface area (Å²) in [6.45, 7) is 6.91. The zero-order valence-electron chi connectivity index (χ0n) is 9.63. The van der Waals surface area contributed by atoms with Crippen LogP contribution in [0, 0.1) is 13.8 Å². The number of hydrogen-bond donors (Lipinski definition) is 0. The largest absolute Gasteiger partial charge is 0.299 e. The highest BCUT2D eigenvalue weighted by Gasteiger charge is 2.21. The Morgan fingerprint density at radius 1 is 1.00 bits per heavy atom. The van der Waals surface area contributed by atoms with E-state index in [2.05, 4.69) is 0 Å². The van der Waals surface area contributed by atoms with Crippen molar-refractivity contribution in [2.75, 3.05) is 0 Å². The summed E-state index contributed by atoms with van der Waals surface area (Å²) < 4.78 is 0. The zero-order valence-corrected chi connectivity index (χ0v) is 9.63. The summed E-state index contributed by atoms with van der Waals surface area (Å²) in [7, 11) is 0. The van der Waals surface area contributed by atoms with Gasteiger partial charge in [-0.15, -0.1) is 0 Å². The standard InChI is InChI=1S/C13H16O2/c1-8-5-6-12(7-9(8)2)13(10(3)14)11(4)15/h5-7,13H,1-4H3. The van der Waals surface area contributed by atoms with Gasteiger partial charge in [0.2, 0.25) is 0 Å². The molecule has 0 aromatic heterocycles. The molecule has 1 rings (SSSR count). The number of hydrogen-bond acceptors (Lipinski definition) is 2. The lowest BCUT2D eigenvalue weighted by molar-refractivity contribution is -0.126. The Hall–Kier alpha value is -1.44. The van der Waals surface area contributed by atoms with E-state index >= 15 is 0 Å². The zero-order chi connectivity index (χ0) is 11.6. The van der Waals surface area contributed by atoms with Gasteiger partial charge in [0.05, 0.1) is 0 Å². The Kier molecular flexibility index (Phi) is 3.40. The minimum Gasteiger partial charge on any atom is -0.299 e. The van der Waals surface area contributed by atoms with Crippen molar-refractivity contribution >= 4 is 11.6 Å². The molecule has 0 unspecified atom stereocenters. The molecule has 0 aliphatic carbocycles. The molecule has 80 valence electrons. The van der Waals surface area contributed by atoms with Crippen LogP contribution in [0.15, 0.2) is 18.2 Å². The van der Waals surface area contributed by atoms with Crippen molar-refractivity contribution in [3.05, 3.63) is 34.9 Å². The Morgan fingerprint density at radius 3 is 1.93 bits per heavy atom. The van der Waals surface area contributed by atoms with Crippen LogP contribution in [0.25, 0.3) is 0 Å². The summed E-state index contributed by atoms with van der Waals surface area (Å²) in [4.78, 5) is 22.7. The number of benzene rings is 1. The fourth-order valence-corrected chi connectivity index (χ4v) is 1.70. The van der Waals surface area contributed by atoms with Crippen LogP contribution < -0.4 is 0 Å². The number of Topliss-reactive ketones (excluding diaryl/α,β-unsaturated/α-hetero) is 2. The van der Waals surface area contributed by atoms with Crippen molar-refractivity contribution in [1.29, 1.82) is 0 Å². The van der Waals surface area contributed by atoms with E-state index in [1.54, 1.807) is 0 Å². The number of rotatable bonds is 3. The third kappa shape index (κ3) is 2.52. The highest BCUT2D eigenvalue weighted by molar-refractivity contribution is 6.05. The quantitative estimate of drug-likeness (QED) is 0.709. The minimum absolute atomic E-state index is 0.0919. The molecule has 2 heteroatoms. The van der Waals surface area contributed by atoms with Gasteiger partial charge < -0.3 is 0 Å². The molecule has 0 N–H and O–H groups in total. The highest BCUT2D eigenvalue weighted by atomic mass is 16.1. The fourth-order valence-electron chi connectivity index (χ4n) is 1.70. The highest BCUT2D eigenvalue weighted by Crippen LogP contribution is 2.20. The first-order valence-electron chi connectivity index (χ1n) is 5.01. The number of ketones is 2. The average molecular weight is 204 g/mol. The molecule has 0 amide bonds. The molecular weight excluding hydrogens is 188 g/mol. The van der Waals surface area contributed by atoms with E-state index in [0.29, 0.717) is 0 Å². The summed E-state index contributed by atoms with van der Waals surface area (Å²) >= 11 is 0. The van der Waals surface area contributed by atoms with Crippen molar-refractivity contribution in [3.8, 4) is 0 Å². The van der Waals surface area contributed by atoms with E-state index < -0.39 is 5.92 Å². The van der Waals surface area contributed by atoms with Crippen molar-refractivity contribution in [2.45, 2.75) is 33.6 Å². The SMILES string of the molecule is CC(=O)C(C(C)=O)c1ccc(C)c(C)c1. The van der Waals surface area contributed by atoms with E-state index in [4.69, 9.17) is 0 Å². The van der Waals surface area contributed by atoms with Crippen molar-refractivity contribution in [1.82, 2.24) is 0 Å². The topological polar surface area (TPSA) is 34.1 Å². The molecule has 0 bridgehead atoms. The van der Waals surface area contributed by atoms with Crippen LogP contribution in [0.4, 0.5) is 0 Å². The number of aryl methyl sites for hydroxylation is 2. The Labute approximate surface area is 90.3 Å². The molecule has 0 aliphatic heterocycles. The third-order valence-electron chi connectivity index (χ3n) is 2.68. The van der Waals surface area contributed by atoms with E-state index in [1.165, 1.54) is 19.4 Å². The molecule has 0 atom stereocenters. The molecular formula is C13H16O2. The number of carbonyl (C=O) groups excluding carboxylic acids is 2. The minimum atomic E-state index is -0.593. The van der Waals surface area contributed by atoms with Gasteiger partial charge in [-0.25, -0.2) is 0 Å². The predicted octanol–water partition coefficient (Wildman–Crippen LogP) is 2.57. The van der Waals surface area contributed by atoms with Crippen molar-refractivity contribution < 1.29 is 9.59 Å². The van der Waals surface area contributed by atoms with E-state index in [9.17, 15) is 9.59 Å². The van der Waals surface area contributed by atoms with Crippen LogP contribution in [0.5, 0.6) is 0 Å². The second-order valence-electron chi connectivity index (χ2n) is 4.00. The first kappa shape index (κ1) is 11.6. The van der Waals surface area contributed by atoms with Gasteiger partial charge in [0.1, 0.15) is 17.5 Å². The van der Waals surface area contributed by atoms with Gasteiger partial charge in [0.15, 0.2) is 0 Å². The maximum Gasteiger partial charge on any atom is 0.144 e. The smallest absolute Gasteiger partial charge is 0.144 e. The summed E-state index contributed by atoms with van der Waals surface area (Å²) in [5.41, 5.74) is 3.09. The van der Waals surface area contributed by atoms with Gasteiger partial charge >= 0.3 is 0 Å². The maximum absolute atomic E-state index is 11.4. The van der Waals surface area contributed by atoms with Crippen LogP contribution in [-0.2, 0) is 9.59 Å². The molecule has 1 aromatic rings. The molecule has 0 aliphatic rings. The third-order valence-corrected chi connectivity index (χ3v) is 2.68. The van der Waals surface area contributed by atoms with Gasteiger partial charge in [-0.1, -0.05) is 18.2 Å². The Balaban J connectivity index is 3.18. The monoisotopic (exact) mass is 204 g/mol. The van der Waals surface area contributed by atoms with Gasteiger partial charge in [0, 0.05) is 0 Å². The van der Waals surface area contributed by atoms with Gasteiger partial charge in [-0.05, 0) is 44.4 Å². The lowest BCUT2D eigenvalue weighted by Crippen LogP contribution is -2.17. The van der Waals surface area contributed by atoms with Crippen molar-refractivity contribution in [3.63, 3.8) is 0 Å². The first-order chi connectivity index (χ1) is 6.93.